The molecule has 1 aromatic rings. The Bertz CT molecular complexity index is 389. The summed E-state index contributed by atoms with van der Waals surface area (Å²) < 4.78 is 10.4. The predicted molar refractivity (Wildman–Crippen MR) is 61.0 cm³/mol. The lowest BCUT2D eigenvalue weighted by Crippen LogP contribution is -2.47. The number of carboxylic acid groups (broad SMARTS) is 1. The van der Waals surface area contributed by atoms with Crippen LogP contribution in [0.3, 0.4) is 0 Å². The summed E-state index contributed by atoms with van der Waals surface area (Å²) in [6, 6.07) is 1.68. The predicted octanol–water partition coefficient (Wildman–Crippen LogP) is 1.64. The summed E-state index contributed by atoms with van der Waals surface area (Å²) in [7, 11) is 1.72. The number of carboxylic acids is 1. The largest absolute Gasteiger partial charge is 0.475 e. The number of methoxy groups -OCH3 is 1. The number of rotatable bonds is 6. The van der Waals surface area contributed by atoms with Crippen molar-refractivity contribution in [2.75, 3.05) is 13.7 Å². The highest BCUT2D eigenvalue weighted by molar-refractivity contribution is 5.86. The lowest BCUT2D eigenvalue weighted by molar-refractivity contribution is -0.0695. The van der Waals surface area contributed by atoms with E-state index < -0.39 is 5.97 Å². The highest BCUT2D eigenvalue weighted by atomic mass is 16.5. The van der Waals surface area contributed by atoms with Crippen LogP contribution in [0.15, 0.2) is 16.7 Å². The summed E-state index contributed by atoms with van der Waals surface area (Å²) in [5.74, 6) is -1.02. The first-order chi connectivity index (χ1) is 8.17. The van der Waals surface area contributed by atoms with E-state index in [9.17, 15) is 4.79 Å². The summed E-state index contributed by atoms with van der Waals surface area (Å²) in [5, 5.41) is 12.1. The van der Waals surface area contributed by atoms with Crippen LogP contribution in [0.1, 0.15) is 35.4 Å². The van der Waals surface area contributed by atoms with Crippen LogP contribution in [0.2, 0.25) is 0 Å². The molecule has 1 fully saturated rings. The lowest BCUT2D eigenvalue weighted by Gasteiger charge is -2.40. The van der Waals surface area contributed by atoms with Gasteiger partial charge in [-0.3, -0.25) is 0 Å². The van der Waals surface area contributed by atoms with E-state index in [1.54, 1.807) is 13.2 Å². The van der Waals surface area contributed by atoms with Crippen molar-refractivity contribution in [3.8, 4) is 0 Å². The first-order valence-electron chi connectivity index (χ1n) is 5.72. The number of furan rings is 1. The Balaban J connectivity index is 1.85. The molecule has 2 rings (SSSR count). The van der Waals surface area contributed by atoms with Gasteiger partial charge in [-0.25, -0.2) is 4.79 Å². The molecule has 0 amide bonds. The number of ether oxygens (including phenoxy) is 1. The first kappa shape index (κ1) is 12.1. The number of nitrogens with one attached hydrogen (secondary N) is 1. The van der Waals surface area contributed by atoms with Crippen molar-refractivity contribution in [2.45, 2.75) is 31.4 Å². The molecule has 0 aromatic carbocycles. The molecule has 1 aliphatic rings. The van der Waals surface area contributed by atoms with Crippen molar-refractivity contribution in [1.29, 1.82) is 0 Å². The first-order valence-corrected chi connectivity index (χ1v) is 5.72. The third-order valence-corrected chi connectivity index (χ3v) is 3.40. The molecule has 0 aliphatic heterocycles. The van der Waals surface area contributed by atoms with Gasteiger partial charge >= 0.3 is 5.97 Å². The maximum atomic E-state index is 10.8. The van der Waals surface area contributed by atoms with Gasteiger partial charge in [0, 0.05) is 25.8 Å². The van der Waals surface area contributed by atoms with Crippen LogP contribution in [0, 0.1) is 0 Å². The van der Waals surface area contributed by atoms with Crippen LogP contribution in [0.5, 0.6) is 0 Å². The molecule has 1 aliphatic carbocycles. The molecule has 0 radical (unpaired) electrons. The zero-order valence-electron chi connectivity index (χ0n) is 9.86. The molecular weight excluding hydrogens is 222 g/mol. The number of carbonyl (C=O) groups is 1. The van der Waals surface area contributed by atoms with E-state index in [0.29, 0.717) is 12.1 Å². The Kier molecular flexibility index (Phi) is 3.49. The molecule has 5 heteroatoms. The van der Waals surface area contributed by atoms with Gasteiger partial charge in [0.2, 0.25) is 5.76 Å². The fraction of sp³-hybridized carbons (Fsp3) is 0.583. The van der Waals surface area contributed by atoms with Gasteiger partial charge in [0.15, 0.2) is 0 Å². The van der Waals surface area contributed by atoms with Gasteiger partial charge in [0.1, 0.15) is 0 Å². The molecule has 5 nitrogen and oxygen atoms in total. The Labute approximate surface area is 99.8 Å². The smallest absolute Gasteiger partial charge is 0.372 e. The topological polar surface area (TPSA) is 71.7 Å². The van der Waals surface area contributed by atoms with Crippen LogP contribution in [0.4, 0.5) is 0 Å². The minimum Gasteiger partial charge on any atom is -0.475 e. The molecule has 0 bridgehead atoms. The fourth-order valence-corrected chi connectivity index (χ4v) is 2.11. The highest BCUT2D eigenvalue weighted by Gasteiger charge is 2.36. The van der Waals surface area contributed by atoms with E-state index in [0.717, 1.165) is 19.4 Å². The van der Waals surface area contributed by atoms with Crippen molar-refractivity contribution >= 4 is 5.97 Å². The Morgan fingerprint density at radius 3 is 2.94 bits per heavy atom. The summed E-state index contributed by atoms with van der Waals surface area (Å²) in [4.78, 5) is 10.8. The van der Waals surface area contributed by atoms with E-state index in [2.05, 4.69) is 5.32 Å². The molecule has 17 heavy (non-hydrogen) atoms. The maximum Gasteiger partial charge on any atom is 0.372 e. The number of aromatic carboxylic acids is 1. The highest BCUT2D eigenvalue weighted by Crippen LogP contribution is 2.34. The van der Waals surface area contributed by atoms with Crippen molar-refractivity contribution in [1.82, 2.24) is 5.32 Å². The zero-order chi connectivity index (χ0) is 12.3. The Hall–Kier alpha value is -1.33. The van der Waals surface area contributed by atoms with Gasteiger partial charge in [0.05, 0.1) is 11.9 Å². The van der Waals surface area contributed by atoms with Crippen LogP contribution in [-0.4, -0.2) is 30.3 Å². The van der Waals surface area contributed by atoms with E-state index in [-0.39, 0.29) is 11.4 Å². The number of hydrogen-bond acceptors (Lipinski definition) is 4. The van der Waals surface area contributed by atoms with Crippen LogP contribution in [-0.2, 0) is 11.3 Å². The molecule has 1 saturated carbocycles. The van der Waals surface area contributed by atoms with E-state index in [4.69, 9.17) is 14.3 Å². The second-order valence-electron chi connectivity index (χ2n) is 4.42. The molecule has 1 heterocycles. The van der Waals surface area contributed by atoms with Crippen molar-refractivity contribution in [3.05, 3.63) is 23.7 Å². The van der Waals surface area contributed by atoms with Gasteiger partial charge in [0.25, 0.3) is 0 Å². The minimum absolute atomic E-state index is 0.0116. The third-order valence-electron chi connectivity index (χ3n) is 3.40. The van der Waals surface area contributed by atoms with Gasteiger partial charge < -0.3 is 19.6 Å². The van der Waals surface area contributed by atoms with Crippen LogP contribution < -0.4 is 5.32 Å². The molecular formula is C12H17NO4. The Morgan fingerprint density at radius 2 is 2.41 bits per heavy atom. The second-order valence-corrected chi connectivity index (χ2v) is 4.42. The quantitative estimate of drug-likeness (QED) is 0.789. The van der Waals surface area contributed by atoms with E-state index in [1.165, 1.54) is 12.7 Å². The van der Waals surface area contributed by atoms with Crippen molar-refractivity contribution in [3.63, 3.8) is 0 Å². The average molecular weight is 239 g/mol. The van der Waals surface area contributed by atoms with Gasteiger partial charge in [-0.05, 0) is 25.3 Å². The standard InChI is InChI=1S/C12H17NO4/c1-16-12(4-2-5-12)8-13-7-9-3-6-17-10(9)11(14)15/h3,6,13H,2,4-5,7-8H2,1H3,(H,14,15). The monoisotopic (exact) mass is 239 g/mol. The molecule has 94 valence electrons. The van der Waals surface area contributed by atoms with E-state index >= 15 is 0 Å². The summed E-state index contributed by atoms with van der Waals surface area (Å²) in [5.41, 5.74) is 0.621. The van der Waals surface area contributed by atoms with Crippen LogP contribution >= 0.6 is 0 Å². The SMILES string of the molecule is COC1(CNCc2ccoc2C(=O)O)CCC1. The average Bonchev–Trinajstić information content (AvgIpc) is 2.70. The summed E-state index contributed by atoms with van der Waals surface area (Å²) >= 11 is 0. The Morgan fingerprint density at radius 1 is 1.65 bits per heavy atom. The normalized spacial score (nSPS) is 17.7. The molecule has 0 unspecified atom stereocenters. The molecule has 0 atom stereocenters. The second kappa shape index (κ2) is 4.89. The molecule has 1 aromatic heterocycles. The fourth-order valence-electron chi connectivity index (χ4n) is 2.11. The van der Waals surface area contributed by atoms with Crippen LogP contribution in [0.25, 0.3) is 0 Å². The molecule has 0 spiro atoms. The zero-order valence-corrected chi connectivity index (χ0v) is 9.86. The lowest BCUT2D eigenvalue weighted by atomic mass is 9.80. The molecule has 0 saturated heterocycles. The summed E-state index contributed by atoms with van der Waals surface area (Å²) in [6.45, 7) is 1.23. The van der Waals surface area contributed by atoms with Gasteiger partial charge in [-0.2, -0.15) is 0 Å². The maximum absolute atomic E-state index is 10.8. The van der Waals surface area contributed by atoms with Crippen molar-refractivity contribution in [2.24, 2.45) is 0 Å². The van der Waals surface area contributed by atoms with Crippen molar-refractivity contribution < 1.29 is 19.1 Å². The van der Waals surface area contributed by atoms with Gasteiger partial charge in [-0.15, -0.1) is 0 Å². The van der Waals surface area contributed by atoms with Gasteiger partial charge in [-0.1, -0.05) is 0 Å². The number of hydrogen-bond donors (Lipinski definition) is 2. The third kappa shape index (κ3) is 2.50. The molecule has 2 N–H and O–H groups in total. The minimum atomic E-state index is -1.03. The van der Waals surface area contributed by atoms with E-state index in [1.807, 2.05) is 0 Å². The summed E-state index contributed by atoms with van der Waals surface area (Å²) in [6.07, 6.45) is 4.72.